The van der Waals surface area contributed by atoms with Crippen molar-refractivity contribution < 1.29 is 6.22 Å². The Bertz CT molecular complexity index is 129. The van der Waals surface area contributed by atoms with Crippen LogP contribution in [0.1, 0.15) is 14.3 Å². The third kappa shape index (κ3) is 1.21. The van der Waals surface area contributed by atoms with Gasteiger partial charge in [-0.15, -0.1) is 0 Å². The molecule has 0 aromatic heterocycles. The van der Waals surface area contributed by atoms with E-state index in [2.05, 4.69) is 0 Å². The Kier molecular flexibility index (Phi) is 1.71. The Morgan fingerprint density at radius 1 is 1.89 bits per heavy atom. The maximum atomic E-state index is 10.6. The van der Waals surface area contributed by atoms with Crippen molar-refractivity contribution in [3.05, 3.63) is 0 Å². The molecular weight excluding hydrogens is 116 g/mol. The lowest BCUT2D eigenvalue weighted by Crippen LogP contribution is -2.37. The molecule has 3 heteroatoms. The Hall–Kier alpha value is -0.570. The van der Waals surface area contributed by atoms with E-state index in [-0.39, 0.29) is 13.4 Å². The Morgan fingerprint density at radius 3 is 2.78 bits per heavy atom. The van der Waals surface area contributed by atoms with Crippen LogP contribution < -0.4 is 5.73 Å². The molecule has 0 aromatic carbocycles. The minimum Gasteiger partial charge on any atom is -0.368 e. The van der Waals surface area contributed by atoms with Crippen LogP contribution >= 0.6 is 0 Å². The molecule has 2 N–H and O–H groups in total. The van der Waals surface area contributed by atoms with E-state index in [1.165, 1.54) is 0 Å². The van der Waals surface area contributed by atoms with Crippen molar-refractivity contribution in [3.8, 4) is 0 Å². The molecule has 0 saturated carbocycles. The van der Waals surface area contributed by atoms with Crippen LogP contribution in [0.15, 0.2) is 0 Å². The Balaban J connectivity index is 0.000000810. The van der Waals surface area contributed by atoms with Gasteiger partial charge in [0, 0.05) is 1.43 Å². The molecule has 1 amide bonds. The van der Waals surface area contributed by atoms with E-state index in [9.17, 15) is 4.79 Å². The van der Waals surface area contributed by atoms with Gasteiger partial charge in [0.15, 0.2) is 0 Å². The summed E-state index contributed by atoms with van der Waals surface area (Å²) < 4.78 is 0. The molecule has 1 saturated heterocycles. The normalized spacial score (nSPS) is 28.8. The summed E-state index contributed by atoms with van der Waals surface area (Å²) in [6.07, 6.45) is 2.04. The van der Waals surface area contributed by atoms with Crippen molar-refractivity contribution in [1.29, 1.82) is 0 Å². The highest BCUT2D eigenvalue weighted by atomic mass is 16.1. The minimum atomic E-state index is -0.185. The third-order valence-electron chi connectivity index (χ3n) is 1.85. The number of amides is 1. The fraction of sp³-hybridized carbons (Fsp3) is 0.833. The standard InChI is InChI=1S/C6H12N2O.H2/c1-8-4-2-3-5(8)6(7)9;/h5H,2-4H2,1H3,(H2,7,9);1H/t5-;/m0./s1. The fourth-order valence-electron chi connectivity index (χ4n) is 1.27. The van der Waals surface area contributed by atoms with E-state index in [1.807, 2.05) is 11.9 Å². The molecule has 0 aliphatic carbocycles. The lowest BCUT2D eigenvalue weighted by Gasteiger charge is -2.14. The number of carbonyl (C=O) groups is 1. The number of nitrogens with zero attached hydrogens (tertiary/aromatic N) is 1. The number of nitrogens with two attached hydrogens (primary N) is 1. The summed E-state index contributed by atoms with van der Waals surface area (Å²) in [4.78, 5) is 12.6. The smallest absolute Gasteiger partial charge is 0.234 e. The van der Waals surface area contributed by atoms with Gasteiger partial charge in [-0.05, 0) is 26.4 Å². The molecule has 1 fully saturated rings. The summed E-state index contributed by atoms with van der Waals surface area (Å²) in [5.41, 5.74) is 5.11. The van der Waals surface area contributed by atoms with E-state index >= 15 is 0 Å². The van der Waals surface area contributed by atoms with Crippen LogP contribution in [0.25, 0.3) is 0 Å². The molecule has 1 aliphatic rings. The summed E-state index contributed by atoms with van der Waals surface area (Å²) >= 11 is 0. The molecule has 9 heavy (non-hydrogen) atoms. The maximum absolute atomic E-state index is 10.6. The van der Waals surface area contributed by atoms with Gasteiger partial charge in [0.2, 0.25) is 5.91 Å². The van der Waals surface area contributed by atoms with Gasteiger partial charge in [-0.3, -0.25) is 9.69 Å². The van der Waals surface area contributed by atoms with E-state index in [4.69, 9.17) is 5.73 Å². The predicted molar refractivity (Wildman–Crippen MR) is 37.0 cm³/mol. The van der Waals surface area contributed by atoms with Crippen LogP contribution in [0, 0.1) is 0 Å². The van der Waals surface area contributed by atoms with Gasteiger partial charge < -0.3 is 5.73 Å². The molecule has 1 atom stereocenters. The SMILES string of the molecule is CN1CCC[C@H]1C(N)=O.[HH]. The maximum Gasteiger partial charge on any atom is 0.234 e. The zero-order valence-corrected chi connectivity index (χ0v) is 5.63. The predicted octanol–water partition coefficient (Wildman–Crippen LogP) is -0.188. The molecule has 1 aliphatic heterocycles. The third-order valence-corrected chi connectivity index (χ3v) is 1.85. The van der Waals surface area contributed by atoms with Gasteiger partial charge in [-0.2, -0.15) is 0 Å². The van der Waals surface area contributed by atoms with E-state index in [0.29, 0.717) is 0 Å². The second-order valence-corrected chi connectivity index (χ2v) is 2.54. The summed E-state index contributed by atoms with van der Waals surface area (Å²) in [7, 11) is 1.93. The van der Waals surface area contributed by atoms with E-state index < -0.39 is 0 Å². The molecular formula is C6H14N2O. The topological polar surface area (TPSA) is 46.3 Å². The van der Waals surface area contributed by atoms with Crippen LogP contribution in [0.2, 0.25) is 0 Å². The molecule has 0 spiro atoms. The van der Waals surface area contributed by atoms with Gasteiger partial charge in [0.05, 0.1) is 6.04 Å². The second-order valence-electron chi connectivity index (χ2n) is 2.54. The number of likely N-dealkylation sites (N-methyl/N-ethyl adjacent to an activating group) is 1. The highest BCUT2D eigenvalue weighted by Gasteiger charge is 2.24. The van der Waals surface area contributed by atoms with Gasteiger partial charge in [0.25, 0.3) is 0 Å². The Morgan fingerprint density at radius 2 is 2.56 bits per heavy atom. The largest absolute Gasteiger partial charge is 0.368 e. The van der Waals surface area contributed by atoms with Crippen molar-refractivity contribution in [3.63, 3.8) is 0 Å². The lowest BCUT2D eigenvalue weighted by atomic mass is 10.2. The number of rotatable bonds is 1. The van der Waals surface area contributed by atoms with Crippen LogP contribution in [0.3, 0.4) is 0 Å². The molecule has 1 heterocycles. The summed E-state index contributed by atoms with van der Waals surface area (Å²) in [6.45, 7) is 1.01. The summed E-state index contributed by atoms with van der Waals surface area (Å²) in [5, 5.41) is 0. The lowest BCUT2D eigenvalue weighted by molar-refractivity contribution is -0.121. The molecule has 0 bridgehead atoms. The van der Waals surface area contributed by atoms with Crippen molar-refractivity contribution >= 4 is 5.91 Å². The van der Waals surface area contributed by atoms with Crippen LogP contribution in [-0.4, -0.2) is 30.4 Å². The molecule has 0 radical (unpaired) electrons. The zero-order chi connectivity index (χ0) is 6.85. The summed E-state index contributed by atoms with van der Waals surface area (Å²) in [6, 6.07) is 0.00463. The van der Waals surface area contributed by atoms with Crippen molar-refractivity contribution in [2.24, 2.45) is 5.73 Å². The molecule has 54 valence electrons. The highest BCUT2D eigenvalue weighted by molar-refractivity contribution is 5.80. The molecule has 3 nitrogen and oxygen atoms in total. The first kappa shape index (κ1) is 6.55. The summed E-state index contributed by atoms with van der Waals surface area (Å²) in [5.74, 6) is -0.185. The first-order chi connectivity index (χ1) is 4.22. The van der Waals surface area contributed by atoms with E-state index in [1.54, 1.807) is 0 Å². The van der Waals surface area contributed by atoms with Crippen molar-refractivity contribution in [1.82, 2.24) is 4.90 Å². The highest BCUT2D eigenvalue weighted by Crippen LogP contribution is 2.13. The van der Waals surface area contributed by atoms with Crippen molar-refractivity contribution in [2.75, 3.05) is 13.6 Å². The zero-order valence-electron chi connectivity index (χ0n) is 5.63. The first-order valence-corrected chi connectivity index (χ1v) is 3.21. The minimum absolute atomic E-state index is 0. The van der Waals surface area contributed by atoms with Gasteiger partial charge in [0.1, 0.15) is 0 Å². The number of hydrogen-bond donors (Lipinski definition) is 1. The van der Waals surface area contributed by atoms with Crippen LogP contribution in [0.4, 0.5) is 0 Å². The first-order valence-electron chi connectivity index (χ1n) is 3.21. The number of hydrogen-bond acceptors (Lipinski definition) is 2. The molecule has 0 aromatic rings. The monoisotopic (exact) mass is 130 g/mol. The molecule has 1 rings (SSSR count). The number of likely N-dealkylation sites (tertiary alicyclic amines) is 1. The quantitative estimate of drug-likeness (QED) is 0.535. The average molecular weight is 130 g/mol. The van der Waals surface area contributed by atoms with E-state index in [0.717, 1.165) is 19.4 Å². The average Bonchev–Trinajstić information content (AvgIpc) is 2.13. The van der Waals surface area contributed by atoms with Crippen LogP contribution in [-0.2, 0) is 4.79 Å². The molecule has 0 unspecified atom stereocenters. The second kappa shape index (κ2) is 2.35. The number of primary amides is 1. The van der Waals surface area contributed by atoms with Crippen molar-refractivity contribution in [2.45, 2.75) is 18.9 Å². The van der Waals surface area contributed by atoms with Gasteiger partial charge >= 0.3 is 0 Å². The number of carbonyl (C=O) groups excluding carboxylic acids is 1. The van der Waals surface area contributed by atoms with Crippen LogP contribution in [0.5, 0.6) is 0 Å². The Labute approximate surface area is 56.3 Å². The fourth-order valence-corrected chi connectivity index (χ4v) is 1.27. The van der Waals surface area contributed by atoms with Gasteiger partial charge in [-0.1, -0.05) is 0 Å². The van der Waals surface area contributed by atoms with Gasteiger partial charge in [-0.25, -0.2) is 0 Å².